The van der Waals surface area contributed by atoms with Crippen molar-refractivity contribution >= 4 is 0 Å². The van der Waals surface area contributed by atoms with E-state index in [-0.39, 0.29) is 0 Å². The van der Waals surface area contributed by atoms with Crippen molar-refractivity contribution < 1.29 is 0 Å². The van der Waals surface area contributed by atoms with E-state index in [4.69, 9.17) is 5.73 Å². The van der Waals surface area contributed by atoms with E-state index in [1.807, 2.05) is 0 Å². The van der Waals surface area contributed by atoms with E-state index in [1.54, 1.807) is 11.1 Å². The zero-order valence-corrected chi connectivity index (χ0v) is 9.59. The van der Waals surface area contributed by atoms with Gasteiger partial charge in [0, 0.05) is 12.0 Å². The van der Waals surface area contributed by atoms with Gasteiger partial charge in [0.25, 0.3) is 0 Å². The summed E-state index contributed by atoms with van der Waals surface area (Å²) < 4.78 is 0. The van der Waals surface area contributed by atoms with Crippen molar-refractivity contribution in [2.75, 3.05) is 0 Å². The van der Waals surface area contributed by atoms with Crippen LogP contribution in [0.4, 0.5) is 0 Å². The van der Waals surface area contributed by atoms with Crippen LogP contribution in [0, 0.1) is 5.41 Å². The lowest BCUT2D eigenvalue weighted by atomic mass is 9.99. The molecule has 2 aliphatic carbocycles. The summed E-state index contributed by atoms with van der Waals surface area (Å²) in [6.45, 7) is 4.55. The van der Waals surface area contributed by atoms with E-state index in [1.165, 1.54) is 24.8 Å². The Kier molecular flexibility index (Phi) is 1.79. The van der Waals surface area contributed by atoms with E-state index in [9.17, 15) is 0 Å². The molecular weight excluding hydrogens is 182 g/mol. The van der Waals surface area contributed by atoms with Gasteiger partial charge in [0.05, 0.1) is 0 Å². The highest BCUT2D eigenvalue weighted by atomic mass is 14.8. The van der Waals surface area contributed by atoms with Crippen LogP contribution < -0.4 is 5.73 Å². The molecule has 2 aliphatic rings. The summed E-state index contributed by atoms with van der Waals surface area (Å²) in [6.07, 6.45) is 3.88. The summed E-state index contributed by atoms with van der Waals surface area (Å²) in [5.74, 6) is 0.586. The molecule has 0 amide bonds. The number of hydrogen-bond donors (Lipinski definition) is 1. The first-order chi connectivity index (χ1) is 7.10. The maximum absolute atomic E-state index is 6.12. The average Bonchev–Trinajstić information content (AvgIpc) is 2.62. The van der Waals surface area contributed by atoms with E-state index >= 15 is 0 Å². The van der Waals surface area contributed by atoms with Crippen LogP contribution in [-0.4, -0.2) is 6.04 Å². The second-order valence-corrected chi connectivity index (χ2v) is 5.71. The van der Waals surface area contributed by atoms with Gasteiger partial charge >= 0.3 is 0 Å². The molecule has 2 atom stereocenters. The Balaban J connectivity index is 1.95. The molecule has 0 heterocycles. The summed E-state index contributed by atoms with van der Waals surface area (Å²) in [5.41, 5.74) is 11.0. The Morgan fingerprint density at radius 1 is 1.20 bits per heavy atom. The van der Waals surface area contributed by atoms with Gasteiger partial charge in [0.1, 0.15) is 0 Å². The zero-order valence-electron chi connectivity index (χ0n) is 9.59. The molecule has 1 fully saturated rings. The molecule has 1 heteroatoms. The lowest BCUT2D eigenvalue weighted by molar-refractivity contribution is 0.599. The van der Waals surface area contributed by atoms with Crippen molar-refractivity contribution in [1.29, 1.82) is 0 Å². The molecular formula is C14H19N. The Hall–Kier alpha value is -0.820. The van der Waals surface area contributed by atoms with Gasteiger partial charge in [-0.2, -0.15) is 0 Å². The number of nitrogens with two attached hydrogens (primary N) is 1. The number of fused-ring (bicyclic) bond motifs is 1. The minimum Gasteiger partial charge on any atom is -0.327 e. The molecule has 0 bridgehead atoms. The van der Waals surface area contributed by atoms with E-state index < -0.39 is 0 Å². The standard InChI is InChI=1S/C14H19N/c1-14(2)12(13(14)15)11-7-6-9-4-3-5-10(9)8-11/h6-8,12-13H,3-5,15H2,1-2H3/t12-,13-/m0/s1. The van der Waals surface area contributed by atoms with Crippen LogP contribution in [0.15, 0.2) is 18.2 Å². The molecule has 0 saturated heterocycles. The van der Waals surface area contributed by atoms with Crippen molar-refractivity contribution in [3.05, 3.63) is 34.9 Å². The van der Waals surface area contributed by atoms with Crippen LogP contribution in [0.2, 0.25) is 0 Å². The Labute approximate surface area is 91.7 Å². The summed E-state index contributed by atoms with van der Waals surface area (Å²) in [6, 6.07) is 7.38. The van der Waals surface area contributed by atoms with Crippen LogP contribution >= 0.6 is 0 Å². The molecule has 0 aliphatic heterocycles. The third kappa shape index (κ3) is 1.26. The first-order valence-corrected chi connectivity index (χ1v) is 5.98. The van der Waals surface area contributed by atoms with Crippen LogP contribution in [0.5, 0.6) is 0 Å². The molecule has 2 N–H and O–H groups in total. The number of rotatable bonds is 1. The molecule has 0 unspecified atom stereocenters. The van der Waals surface area contributed by atoms with Crippen molar-refractivity contribution in [3.8, 4) is 0 Å². The van der Waals surface area contributed by atoms with Gasteiger partial charge in [0.15, 0.2) is 0 Å². The maximum Gasteiger partial charge on any atom is 0.0172 e. The topological polar surface area (TPSA) is 26.0 Å². The molecule has 1 nitrogen and oxygen atoms in total. The summed E-state index contributed by atoms with van der Waals surface area (Å²) in [4.78, 5) is 0. The minimum atomic E-state index is 0.312. The van der Waals surface area contributed by atoms with Gasteiger partial charge in [-0.3, -0.25) is 0 Å². The van der Waals surface area contributed by atoms with Crippen molar-refractivity contribution in [1.82, 2.24) is 0 Å². The van der Waals surface area contributed by atoms with E-state index in [0.29, 0.717) is 17.4 Å². The normalized spacial score (nSPS) is 31.4. The van der Waals surface area contributed by atoms with Gasteiger partial charge in [0.2, 0.25) is 0 Å². The fraction of sp³-hybridized carbons (Fsp3) is 0.571. The Morgan fingerprint density at radius 2 is 1.87 bits per heavy atom. The van der Waals surface area contributed by atoms with Crippen molar-refractivity contribution in [2.24, 2.45) is 11.1 Å². The predicted octanol–water partition coefficient (Wildman–Crippen LogP) is 2.63. The molecule has 1 aromatic rings. The first-order valence-electron chi connectivity index (χ1n) is 5.98. The number of benzene rings is 1. The lowest BCUT2D eigenvalue weighted by Gasteiger charge is -2.06. The number of hydrogen-bond acceptors (Lipinski definition) is 1. The summed E-state index contributed by atoms with van der Waals surface area (Å²) in [5, 5.41) is 0. The minimum absolute atomic E-state index is 0.312. The van der Waals surface area contributed by atoms with Gasteiger partial charge in [-0.1, -0.05) is 32.0 Å². The quantitative estimate of drug-likeness (QED) is 0.742. The van der Waals surface area contributed by atoms with Crippen molar-refractivity contribution in [2.45, 2.75) is 45.1 Å². The average molecular weight is 201 g/mol. The highest BCUT2D eigenvalue weighted by Gasteiger charge is 2.56. The van der Waals surface area contributed by atoms with E-state index in [2.05, 4.69) is 32.0 Å². The third-order valence-electron chi connectivity index (χ3n) is 4.39. The molecule has 1 saturated carbocycles. The maximum atomic E-state index is 6.12. The smallest absolute Gasteiger partial charge is 0.0172 e. The van der Waals surface area contributed by atoms with Gasteiger partial charge in [-0.15, -0.1) is 0 Å². The second kappa shape index (κ2) is 2.85. The molecule has 0 spiro atoms. The zero-order chi connectivity index (χ0) is 10.6. The molecule has 15 heavy (non-hydrogen) atoms. The fourth-order valence-corrected chi connectivity index (χ4v) is 3.10. The highest BCUT2D eigenvalue weighted by molar-refractivity contribution is 5.41. The monoisotopic (exact) mass is 201 g/mol. The van der Waals surface area contributed by atoms with Crippen LogP contribution in [0.3, 0.4) is 0 Å². The molecule has 80 valence electrons. The van der Waals surface area contributed by atoms with E-state index in [0.717, 1.165) is 0 Å². The lowest BCUT2D eigenvalue weighted by Crippen LogP contribution is -2.06. The van der Waals surface area contributed by atoms with Gasteiger partial charge < -0.3 is 5.73 Å². The highest BCUT2D eigenvalue weighted by Crippen LogP contribution is 2.57. The predicted molar refractivity (Wildman–Crippen MR) is 63.0 cm³/mol. The van der Waals surface area contributed by atoms with Crippen molar-refractivity contribution in [3.63, 3.8) is 0 Å². The first kappa shape index (κ1) is 9.41. The van der Waals surface area contributed by atoms with Crippen LogP contribution in [-0.2, 0) is 12.8 Å². The number of aryl methyl sites for hydroxylation is 2. The SMILES string of the molecule is CC1(C)[C@@H](N)[C@@H]1c1ccc2c(c1)CCC2. The molecule has 3 rings (SSSR count). The largest absolute Gasteiger partial charge is 0.327 e. The summed E-state index contributed by atoms with van der Waals surface area (Å²) in [7, 11) is 0. The fourth-order valence-electron chi connectivity index (χ4n) is 3.10. The second-order valence-electron chi connectivity index (χ2n) is 5.71. The summed E-state index contributed by atoms with van der Waals surface area (Å²) >= 11 is 0. The van der Waals surface area contributed by atoms with Gasteiger partial charge in [-0.25, -0.2) is 0 Å². The molecule has 0 radical (unpaired) electrons. The van der Waals surface area contributed by atoms with Gasteiger partial charge in [-0.05, 0) is 41.4 Å². The Bertz CT molecular complexity index is 406. The van der Waals surface area contributed by atoms with Crippen LogP contribution in [0.25, 0.3) is 0 Å². The van der Waals surface area contributed by atoms with Crippen LogP contribution in [0.1, 0.15) is 42.9 Å². The third-order valence-corrected chi connectivity index (χ3v) is 4.39. The molecule has 1 aromatic carbocycles. The molecule has 0 aromatic heterocycles. The Morgan fingerprint density at radius 3 is 2.53 bits per heavy atom.